The van der Waals surface area contributed by atoms with Crippen LogP contribution >= 0.6 is 11.3 Å². The fourth-order valence-corrected chi connectivity index (χ4v) is 2.96. The Balaban J connectivity index is 1.52. The first-order valence-electron chi connectivity index (χ1n) is 8.01. The SMILES string of the molecule is CCOc1ccc(CCC(=O)Nc2nnc(-c3ccccn3)s2)cc1. The number of hydrogen-bond acceptors (Lipinski definition) is 6. The molecular formula is C18H18N4O2S. The second-order valence-corrected chi connectivity index (χ2v) is 6.23. The highest BCUT2D eigenvalue weighted by Crippen LogP contribution is 2.24. The van der Waals surface area contributed by atoms with Crippen LogP contribution in [-0.4, -0.2) is 27.7 Å². The molecule has 2 heterocycles. The second-order valence-electron chi connectivity index (χ2n) is 5.25. The highest BCUT2D eigenvalue weighted by atomic mass is 32.1. The van der Waals surface area contributed by atoms with E-state index in [9.17, 15) is 4.79 Å². The van der Waals surface area contributed by atoms with Gasteiger partial charge in [0.2, 0.25) is 11.0 Å². The zero-order chi connectivity index (χ0) is 17.5. The van der Waals surface area contributed by atoms with Gasteiger partial charge in [0.05, 0.1) is 6.61 Å². The largest absolute Gasteiger partial charge is 0.494 e. The predicted molar refractivity (Wildman–Crippen MR) is 97.7 cm³/mol. The molecule has 1 amide bonds. The van der Waals surface area contributed by atoms with E-state index in [2.05, 4.69) is 20.5 Å². The van der Waals surface area contributed by atoms with Gasteiger partial charge in [0.25, 0.3) is 0 Å². The molecule has 25 heavy (non-hydrogen) atoms. The molecule has 128 valence electrons. The molecule has 0 unspecified atom stereocenters. The van der Waals surface area contributed by atoms with Gasteiger partial charge in [-0.25, -0.2) is 0 Å². The first-order chi connectivity index (χ1) is 12.2. The zero-order valence-corrected chi connectivity index (χ0v) is 14.6. The molecule has 0 aliphatic rings. The number of benzene rings is 1. The van der Waals surface area contributed by atoms with Crippen molar-refractivity contribution in [2.45, 2.75) is 19.8 Å². The Kier molecular flexibility index (Phi) is 5.69. The predicted octanol–water partition coefficient (Wildman–Crippen LogP) is 3.57. The average molecular weight is 354 g/mol. The number of aryl methyl sites for hydroxylation is 1. The quantitative estimate of drug-likeness (QED) is 0.702. The molecule has 3 aromatic rings. The van der Waals surface area contributed by atoms with Crippen molar-refractivity contribution < 1.29 is 9.53 Å². The molecule has 0 atom stereocenters. The molecule has 0 aliphatic heterocycles. The smallest absolute Gasteiger partial charge is 0.226 e. The van der Waals surface area contributed by atoms with E-state index in [0.29, 0.717) is 29.6 Å². The summed E-state index contributed by atoms with van der Waals surface area (Å²) in [6.07, 6.45) is 2.74. The van der Waals surface area contributed by atoms with Crippen LogP contribution in [0.15, 0.2) is 48.7 Å². The van der Waals surface area contributed by atoms with Crippen molar-refractivity contribution in [2.24, 2.45) is 0 Å². The van der Waals surface area contributed by atoms with Gasteiger partial charge >= 0.3 is 0 Å². The summed E-state index contributed by atoms with van der Waals surface area (Å²) in [6, 6.07) is 13.4. The molecule has 0 radical (unpaired) electrons. The molecule has 3 rings (SSSR count). The summed E-state index contributed by atoms with van der Waals surface area (Å²) in [4.78, 5) is 16.3. The molecule has 0 bridgehead atoms. The summed E-state index contributed by atoms with van der Waals surface area (Å²) in [7, 11) is 0. The Morgan fingerprint density at radius 3 is 2.72 bits per heavy atom. The summed E-state index contributed by atoms with van der Waals surface area (Å²) in [5, 5.41) is 12.0. The summed E-state index contributed by atoms with van der Waals surface area (Å²) < 4.78 is 5.41. The monoisotopic (exact) mass is 354 g/mol. The van der Waals surface area contributed by atoms with Crippen molar-refractivity contribution in [1.29, 1.82) is 0 Å². The lowest BCUT2D eigenvalue weighted by Gasteiger charge is -2.05. The number of aromatic nitrogens is 3. The van der Waals surface area contributed by atoms with Crippen LogP contribution in [0.2, 0.25) is 0 Å². The van der Waals surface area contributed by atoms with Crippen LogP contribution in [0, 0.1) is 0 Å². The first kappa shape index (κ1) is 17.0. The average Bonchev–Trinajstić information content (AvgIpc) is 3.11. The molecule has 1 N–H and O–H groups in total. The van der Waals surface area contributed by atoms with E-state index in [0.717, 1.165) is 17.0 Å². The van der Waals surface area contributed by atoms with Crippen molar-refractivity contribution in [1.82, 2.24) is 15.2 Å². The Morgan fingerprint density at radius 1 is 1.16 bits per heavy atom. The van der Waals surface area contributed by atoms with Crippen molar-refractivity contribution in [3.8, 4) is 16.5 Å². The number of carbonyl (C=O) groups excluding carboxylic acids is 1. The summed E-state index contributed by atoms with van der Waals surface area (Å²) in [6.45, 7) is 2.59. The Bertz CT molecular complexity index is 819. The molecular weight excluding hydrogens is 336 g/mol. The van der Waals surface area contributed by atoms with E-state index < -0.39 is 0 Å². The number of amides is 1. The van der Waals surface area contributed by atoms with Crippen molar-refractivity contribution >= 4 is 22.4 Å². The number of carbonyl (C=O) groups is 1. The third kappa shape index (κ3) is 4.84. The lowest BCUT2D eigenvalue weighted by atomic mass is 10.1. The Morgan fingerprint density at radius 2 is 2.00 bits per heavy atom. The minimum atomic E-state index is -0.0856. The minimum absolute atomic E-state index is 0.0856. The summed E-state index contributed by atoms with van der Waals surface area (Å²) in [5.41, 5.74) is 1.83. The van der Waals surface area contributed by atoms with Crippen LogP contribution in [0.5, 0.6) is 5.75 Å². The Hall–Kier alpha value is -2.80. The fraction of sp³-hybridized carbons (Fsp3) is 0.222. The fourth-order valence-electron chi connectivity index (χ4n) is 2.23. The van der Waals surface area contributed by atoms with Gasteiger partial charge in [-0.1, -0.05) is 29.5 Å². The van der Waals surface area contributed by atoms with E-state index in [1.165, 1.54) is 11.3 Å². The van der Waals surface area contributed by atoms with Crippen LogP contribution in [0.1, 0.15) is 18.9 Å². The topological polar surface area (TPSA) is 77.0 Å². The third-order valence-corrected chi connectivity index (χ3v) is 4.29. The molecule has 0 saturated carbocycles. The van der Waals surface area contributed by atoms with Gasteiger partial charge in [-0.2, -0.15) is 0 Å². The van der Waals surface area contributed by atoms with E-state index in [-0.39, 0.29) is 5.91 Å². The molecule has 0 fully saturated rings. The molecule has 7 heteroatoms. The number of hydrogen-bond donors (Lipinski definition) is 1. The van der Waals surface area contributed by atoms with Crippen molar-refractivity contribution in [2.75, 3.05) is 11.9 Å². The lowest BCUT2D eigenvalue weighted by molar-refractivity contribution is -0.116. The summed E-state index contributed by atoms with van der Waals surface area (Å²) >= 11 is 1.31. The van der Waals surface area contributed by atoms with Crippen LogP contribution in [0.25, 0.3) is 10.7 Å². The van der Waals surface area contributed by atoms with Gasteiger partial charge in [-0.15, -0.1) is 10.2 Å². The molecule has 6 nitrogen and oxygen atoms in total. The van der Waals surface area contributed by atoms with Gasteiger partial charge in [0.15, 0.2) is 5.01 Å². The number of rotatable bonds is 7. The zero-order valence-electron chi connectivity index (χ0n) is 13.8. The standard InChI is InChI=1S/C18H18N4O2S/c1-2-24-14-9-6-13(7-10-14)8-11-16(23)20-18-22-21-17(25-18)15-5-3-4-12-19-15/h3-7,9-10,12H,2,8,11H2,1H3,(H,20,22,23). The Labute approximate surface area is 149 Å². The molecule has 0 aliphatic carbocycles. The van der Waals surface area contributed by atoms with Gasteiger partial charge < -0.3 is 10.1 Å². The van der Waals surface area contributed by atoms with Gasteiger partial charge in [0, 0.05) is 12.6 Å². The minimum Gasteiger partial charge on any atom is -0.494 e. The maximum atomic E-state index is 12.1. The maximum absolute atomic E-state index is 12.1. The van der Waals surface area contributed by atoms with Gasteiger partial charge in [-0.3, -0.25) is 9.78 Å². The van der Waals surface area contributed by atoms with Crippen LogP contribution in [0.4, 0.5) is 5.13 Å². The molecule has 1 aromatic carbocycles. The van der Waals surface area contributed by atoms with E-state index >= 15 is 0 Å². The first-order valence-corrected chi connectivity index (χ1v) is 8.82. The molecule has 0 saturated heterocycles. The van der Waals surface area contributed by atoms with Crippen LogP contribution in [-0.2, 0) is 11.2 Å². The van der Waals surface area contributed by atoms with Crippen molar-refractivity contribution in [3.63, 3.8) is 0 Å². The summed E-state index contributed by atoms with van der Waals surface area (Å²) in [5.74, 6) is 0.754. The lowest BCUT2D eigenvalue weighted by Crippen LogP contribution is -2.12. The van der Waals surface area contributed by atoms with Gasteiger partial charge in [0.1, 0.15) is 11.4 Å². The highest BCUT2D eigenvalue weighted by molar-refractivity contribution is 7.18. The third-order valence-electron chi connectivity index (χ3n) is 3.43. The number of ether oxygens (including phenoxy) is 1. The number of nitrogens with one attached hydrogen (secondary N) is 1. The maximum Gasteiger partial charge on any atom is 0.226 e. The van der Waals surface area contributed by atoms with Crippen molar-refractivity contribution in [3.05, 3.63) is 54.2 Å². The normalized spacial score (nSPS) is 10.4. The highest BCUT2D eigenvalue weighted by Gasteiger charge is 2.10. The van der Waals surface area contributed by atoms with Crippen LogP contribution in [0.3, 0.4) is 0 Å². The molecule has 2 aromatic heterocycles. The molecule has 0 spiro atoms. The van der Waals surface area contributed by atoms with Crippen LogP contribution < -0.4 is 10.1 Å². The van der Waals surface area contributed by atoms with E-state index in [1.54, 1.807) is 6.20 Å². The number of pyridine rings is 1. The van der Waals surface area contributed by atoms with E-state index in [4.69, 9.17) is 4.74 Å². The van der Waals surface area contributed by atoms with Gasteiger partial charge in [-0.05, 0) is 43.2 Å². The number of nitrogens with zero attached hydrogens (tertiary/aromatic N) is 3. The number of anilines is 1. The second kappa shape index (κ2) is 8.34. The van der Waals surface area contributed by atoms with E-state index in [1.807, 2.05) is 49.4 Å².